The standard InChI is InChI=1S/C14H15Cl2NO3/c15-10-4-3-9(11(16)6-10)5-13(18)17-12(7-14(19)20)8-1-2-8/h3-4,6,8,12H,1-2,5,7H2,(H,17,18)(H,19,20). The first-order valence-corrected chi connectivity index (χ1v) is 7.16. The second kappa shape index (κ2) is 6.46. The molecule has 1 amide bonds. The summed E-state index contributed by atoms with van der Waals surface area (Å²) >= 11 is 11.8. The van der Waals surface area contributed by atoms with Crippen molar-refractivity contribution < 1.29 is 14.7 Å². The van der Waals surface area contributed by atoms with Gasteiger partial charge < -0.3 is 10.4 Å². The summed E-state index contributed by atoms with van der Waals surface area (Å²) in [7, 11) is 0. The Labute approximate surface area is 127 Å². The van der Waals surface area contributed by atoms with E-state index in [9.17, 15) is 9.59 Å². The number of rotatable bonds is 6. The van der Waals surface area contributed by atoms with Gasteiger partial charge in [-0.3, -0.25) is 9.59 Å². The highest BCUT2D eigenvalue weighted by Crippen LogP contribution is 2.34. The third-order valence-electron chi connectivity index (χ3n) is 3.30. The maximum atomic E-state index is 12.0. The number of benzene rings is 1. The summed E-state index contributed by atoms with van der Waals surface area (Å²) in [5.74, 6) is -0.824. The van der Waals surface area contributed by atoms with Crippen molar-refractivity contribution in [2.24, 2.45) is 5.92 Å². The van der Waals surface area contributed by atoms with E-state index in [0.29, 0.717) is 15.6 Å². The lowest BCUT2D eigenvalue weighted by molar-refractivity contribution is -0.137. The largest absolute Gasteiger partial charge is 0.481 e. The van der Waals surface area contributed by atoms with Crippen LogP contribution < -0.4 is 5.32 Å². The average molecular weight is 316 g/mol. The van der Waals surface area contributed by atoms with Crippen molar-refractivity contribution in [3.63, 3.8) is 0 Å². The molecule has 2 rings (SSSR count). The van der Waals surface area contributed by atoms with Crippen molar-refractivity contribution in [2.45, 2.75) is 31.7 Å². The van der Waals surface area contributed by atoms with Gasteiger partial charge in [0, 0.05) is 16.1 Å². The Morgan fingerprint density at radius 3 is 2.60 bits per heavy atom. The Bertz CT molecular complexity index is 529. The van der Waals surface area contributed by atoms with Gasteiger partial charge in [-0.2, -0.15) is 0 Å². The second-order valence-corrected chi connectivity index (χ2v) is 5.87. The first-order valence-electron chi connectivity index (χ1n) is 6.41. The van der Waals surface area contributed by atoms with Crippen molar-refractivity contribution in [3.05, 3.63) is 33.8 Å². The van der Waals surface area contributed by atoms with E-state index in [4.69, 9.17) is 28.3 Å². The van der Waals surface area contributed by atoms with Gasteiger partial charge in [-0.25, -0.2) is 0 Å². The molecule has 1 fully saturated rings. The lowest BCUT2D eigenvalue weighted by Gasteiger charge is -2.16. The second-order valence-electron chi connectivity index (χ2n) is 5.02. The maximum absolute atomic E-state index is 12.0. The summed E-state index contributed by atoms with van der Waals surface area (Å²) in [6.07, 6.45) is 2.03. The van der Waals surface area contributed by atoms with E-state index in [1.54, 1.807) is 18.2 Å². The lowest BCUT2D eigenvalue weighted by Crippen LogP contribution is -2.38. The van der Waals surface area contributed by atoms with Crippen molar-refractivity contribution in [2.75, 3.05) is 0 Å². The fourth-order valence-electron chi connectivity index (χ4n) is 2.12. The monoisotopic (exact) mass is 315 g/mol. The molecule has 1 aromatic rings. The van der Waals surface area contributed by atoms with Crippen molar-refractivity contribution >= 4 is 35.1 Å². The normalized spacial score (nSPS) is 15.7. The van der Waals surface area contributed by atoms with Crippen LogP contribution in [0, 0.1) is 5.92 Å². The number of carboxylic acids is 1. The van der Waals surface area contributed by atoms with Crippen molar-refractivity contribution in [1.82, 2.24) is 5.32 Å². The van der Waals surface area contributed by atoms with Gasteiger partial charge in [0.05, 0.1) is 12.8 Å². The molecule has 0 aromatic heterocycles. The van der Waals surface area contributed by atoms with Crippen molar-refractivity contribution in [3.8, 4) is 0 Å². The van der Waals surface area contributed by atoms with Gasteiger partial charge in [-0.15, -0.1) is 0 Å². The summed E-state index contributed by atoms with van der Waals surface area (Å²) in [6, 6.07) is 4.67. The van der Waals surface area contributed by atoms with Crippen LogP contribution in [0.3, 0.4) is 0 Å². The fourth-order valence-corrected chi connectivity index (χ4v) is 2.59. The van der Waals surface area contributed by atoms with E-state index in [2.05, 4.69) is 5.32 Å². The van der Waals surface area contributed by atoms with E-state index in [0.717, 1.165) is 12.8 Å². The fraction of sp³-hybridized carbons (Fsp3) is 0.429. The number of halogens is 2. The number of carbonyl (C=O) groups excluding carboxylic acids is 1. The SMILES string of the molecule is O=C(O)CC(NC(=O)Cc1ccc(Cl)cc1Cl)C1CC1. The van der Waals surface area contributed by atoms with Crippen LogP contribution >= 0.6 is 23.2 Å². The molecule has 108 valence electrons. The Kier molecular flexibility index (Phi) is 4.89. The molecule has 0 radical (unpaired) electrons. The summed E-state index contributed by atoms with van der Waals surface area (Å²) in [5.41, 5.74) is 0.679. The number of hydrogen-bond donors (Lipinski definition) is 2. The van der Waals surface area contributed by atoms with Gasteiger partial charge in [0.25, 0.3) is 0 Å². The van der Waals surface area contributed by atoms with Crippen LogP contribution in [-0.2, 0) is 16.0 Å². The van der Waals surface area contributed by atoms with E-state index >= 15 is 0 Å². The number of nitrogens with one attached hydrogen (secondary N) is 1. The predicted octanol–water partition coefficient (Wildman–Crippen LogP) is 2.91. The van der Waals surface area contributed by atoms with Crippen LogP contribution in [0.4, 0.5) is 0 Å². The smallest absolute Gasteiger partial charge is 0.305 e. The zero-order valence-corrected chi connectivity index (χ0v) is 12.2. The van der Waals surface area contributed by atoms with Gasteiger partial charge in [-0.1, -0.05) is 29.3 Å². The first kappa shape index (κ1) is 15.1. The minimum Gasteiger partial charge on any atom is -0.481 e. The molecule has 1 unspecified atom stereocenters. The molecule has 0 spiro atoms. The van der Waals surface area contributed by atoms with Crippen LogP contribution in [0.25, 0.3) is 0 Å². The molecule has 1 saturated carbocycles. The molecular formula is C14H15Cl2NO3. The van der Waals surface area contributed by atoms with Crippen LogP contribution in [0.2, 0.25) is 10.0 Å². The van der Waals surface area contributed by atoms with E-state index in [-0.39, 0.29) is 30.7 Å². The number of aliphatic carboxylic acids is 1. The third kappa shape index (κ3) is 4.39. The molecule has 0 saturated heterocycles. The van der Waals surface area contributed by atoms with Gasteiger partial charge in [-0.05, 0) is 36.5 Å². The quantitative estimate of drug-likeness (QED) is 0.848. The molecule has 20 heavy (non-hydrogen) atoms. The van der Waals surface area contributed by atoms with E-state index < -0.39 is 5.97 Å². The highest BCUT2D eigenvalue weighted by atomic mass is 35.5. The third-order valence-corrected chi connectivity index (χ3v) is 3.89. The highest BCUT2D eigenvalue weighted by molar-refractivity contribution is 6.35. The molecule has 1 atom stereocenters. The van der Waals surface area contributed by atoms with Crippen LogP contribution in [0.5, 0.6) is 0 Å². The molecule has 0 aliphatic heterocycles. The zero-order chi connectivity index (χ0) is 14.7. The Hall–Kier alpha value is -1.26. The molecule has 1 aromatic carbocycles. The van der Waals surface area contributed by atoms with Crippen LogP contribution in [0.1, 0.15) is 24.8 Å². The zero-order valence-electron chi connectivity index (χ0n) is 10.7. The Morgan fingerprint density at radius 1 is 1.35 bits per heavy atom. The minimum absolute atomic E-state index is 0.0369. The minimum atomic E-state index is -0.897. The number of carbonyl (C=O) groups is 2. The Balaban J connectivity index is 1.95. The van der Waals surface area contributed by atoms with E-state index in [1.165, 1.54) is 0 Å². The average Bonchev–Trinajstić information content (AvgIpc) is 3.15. The van der Waals surface area contributed by atoms with Crippen LogP contribution in [0.15, 0.2) is 18.2 Å². The van der Waals surface area contributed by atoms with Gasteiger partial charge in [0.2, 0.25) is 5.91 Å². The molecular weight excluding hydrogens is 301 g/mol. The number of amides is 1. The summed E-state index contributed by atoms with van der Waals surface area (Å²) in [6.45, 7) is 0. The molecule has 4 nitrogen and oxygen atoms in total. The first-order chi connectivity index (χ1) is 9.45. The molecule has 1 aliphatic carbocycles. The van der Waals surface area contributed by atoms with Gasteiger partial charge in [0.15, 0.2) is 0 Å². The van der Waals surface area contributed by atoms with Gasteiger partial charge in [0.1, 0.15) is 0 Å². The van der Waals surface area contributed by atoms with E-state index in [1.807, 2.05) is 0 Å². The molecule has 1 aliphatic rings. The number of carboxylic acid groups (broad SMARTS) is 1. The summed E-state index contributed by atoms with van der Waals surface area (Å²) in [5, 5.41) is 12.6. The lowest BCUT2D eigenvalue weighted by atomic mass is 10.1. The predicted molar refractivity (Wildman–Crippen MR) is 77.1 cm³/mol. The topological polar surface area (TPSA) is 66.4 Å². The van der Waals surface area contributed by atoms with Crippen LogP contribution in [-0.4, -0.2) is 23.0 Å². The summed E-state index contributed by atoms with van der Waals surface area (Å²) in [4.78, 5) is 22.8. The molecule has 0 heterocycles. The summed E-state index contributed by atoms with van der Waals surface area (Å²) < 4.78 is 0. The maximum Gasteiger partial charge on any atom is 0.305 e. The molecule has 2 N–H and O–H groups in total. The van der Waals surface area contributed by atoms with Crippen molar-refractivity contribution in [1.29, 1.82) is 0 Å². The number of hydrogen-bond acceptors (Lipinski definition) is 2. The van der Waals surface area contributed by atoms with Gasteiger partial charge >= 0.3 is 5.97 Å². The Morgan fingerprint density at radius 2 is 2.05 bits per heavy atom. The molecule has 0 bridgehead atoms. The molecule has 6 heteroatoms. The highest BCUT2D eigenvalue weighted by Gasteiger charge is 2.33.